The summed E-state index contributed by atoms with van der Waals surface area (Å²) in [7, 11) is 0. The number of hydrogen-bond acceptors (Lipinski definition) is 3. The topological polar surface area (TPSA) is 115 Å². The van der Waals surface area contributed by atoms with Gasteiger partial charge in [0.15, 0.2) is 0 Å². The van der Waals surface area contributed by atoms with E-state index in [0.717, 1.165) is 0 Å². The molecule has 0 aromatic heterocycles. The summed E-state index contributed by atoms with van der Waals surface area (Å²) in [5.74, 6) is 0. The van der Waals surface area contributed by atoms with Gasteiger partial charge in [-0.15, -0.1) is 0 Å². The van der Waals surface area contributed by atoms with Crippen molar-refractivity contribution in [1.82, 2.24) is 0 Å². The molecule has 64 valence electrons. The van der Waals surface area contributed by atoms with E-state index in [1.807, 2.05) is 18.2 Å². The Morgan fingerprint density at radius 1 is 1.00 bits per heavy atom. The van der Waals surface area contributed by atoms with E-state index in [0.29, 0.717) is 5.71 Å². The van der Waals surface area contributed by atoms with Crippen molar-refractivity contribution in [3.05, 3.63) is 30.7 Å². The molecular weight excluding hydrogens is 256 g/mol. The second-order valence-electron chi connectivity index (χ2n) is 1.37. The fourth-order valence-corrected chi connectivity index (χ4v) is 0.438. The van der Waals surface area contributed by atoms with E-state index in [9.17, 15) is 0 Å². The van der Waals surface area contributed by atoms with Crippen LogP contribution in [-0.2, 0) is 0 Å². The van der Waals surface area contributed by atoms with Crippen molar-refractivity contribution in [2.75, 3.05) is 0 Å². The first-order valence-corrected chi connectivity index (χ1v) is 2.16. The smallest absolute Gasteiger partial charge is 0.0392 e. The molecule has 0 aromatic carbocycles. The summed E-state index contributed by atoms with van der Waals surface area (Å²) in [5.41, 5.74) is 0.572. The Morgan fingerprint density at radius 3 is 1.73 bits per heavy atom. The van der Waals surface area contributed by atoms with Crippen LogP contribution in [0.25, 0.3) is 0 Å². The van der Waals surface area contributed by atoms with Crippen LogP contribution in [-0.4, -0.2) is 46.6 Å². The second-order valence-corrected chi connectivity index (χ2v) is 1.37. The molecule has 11 heavy (non-hydrogen) atoms. The first-order valence-electron chi connectivity index (χ1n) is 2.16. The number of rotatable bonds is 0. The van der Waals surface area contributed by atoms with Gasteiger partial charge in [0.2, 0.25) is 0 Å². The van der Waals surface area contributed by atoms with Crippen molar-refractivity contribution >= 4 is 30.1 Å². The first kappa shape index (κ1) is 22.4. The van der Waals surface area contributed by atoms with Gasteiger partial charge in [0.1, 0.15) is 0 Å². The summed E-state index contributed by atoms with van der Waals surface area (Å²) >= 11 is 0. The Balaban J connectivity index is -0.0000000612. The van der Waals surface area contributed by atoms with Gasteiger partial charge < -0.3 is 21.8 Å². The maximum Gasteiger partial charge on any atom is 0.0392 e. The van der Waals surface area contributed by atoms with Crippen LogP contribution in [0, 0.1) is 11.8 Å². The molecule has 5 heteroatoms. The van der Waals surface area contributed by atoms with Gasteiger partial charge in [-0.05, 0) is 6.08 Å². The maximum atomic E-state index is 7.00. The molecule has 1 aliphatic rings. The number of nitrogens with one attached hydrogen (secondary N) is 1. The molecule has 4 nitrogen and oxygen atoms in total. The minimum atomic E-state index is 0. The van der Waals surface area contributed by atoms with Gasteiger partial charge in [-0.2, -0.15) is 0 Å². The molecule has 0 amide bonds. The van der Waals surface area contributed by atoms with E-state index in [1.54, 1.807) is 12.5 Å². The Morgan fingerprint density at radius 2 is 1.55 bits per heavy atom. The molecule has 1 rings (SSSR count). The predicted octanol–water partition coefficient (Wildman–Crippen LogP) is -0.223. The van der Waals surface area contributed by atoms with Gasteiger partial charge in [0.25, 0.3) is 0 Å². The molecule has 0 heterocycles. The van der Waals surface area contributed by atoms with E-state index in [1.165, 1.54) is 0 Å². The summed E-state index contributed by atoms with van der Waals surface area (Å²) in [6.07, 6.45) is 9.10. The average molecular weight is 266 g/mol. The van der Waals surface area contributed by atoms with E-state index < -0.39 is 0 Å². The summed E-state index contributed by atoms with van der Waals surface area (Å²) < 4.78 is 0. The molecular formula is C6H10NO3Sb-2. The van der Waals surface area contributed by atoms with Gasteiger partial charge in [-0.25, -0.2) is 0 Å². The van der Waals surface area contributed by atoms with Crippen molar-refractivity contribution in [2.24, 2.45) is 0 Å². The van der Waals surface area contributed by atoms with E-state index >= 15 is 0 Å². The average Bonchev–Trinajstić information content (AvgIpc) is 1.69. The van der Waals surface area contributed by atoms with Crippen molar-refractivity contribution < 1.29 is 16.4 Å². The predicted molar refractivity (Wildman–Crippen MR) is 43.5 cm³/mol. The normalized spacial score (nSPS) is 11.5. The zero-order chi connectivity index (χ0) is 5.11. The van der Waals surface area contributed by atoms with Gasteiger partial charge in [0, 0.05) is 36.6 Å². The SMILES string of the molecule is N=C1[CH]C=CC=C1.O.[OH-].[OH-].[Sb]. The molecule has 0 fully saturated rings. The van der Waals surface area contributed by atoms with Gasteiger partial charge in [-0.1, -0.05) is 18.2 Å². The second kappa shape index (κ2) is 12.5. The molecule has 0 aromatic rings. The standard InChI is InChI=1S/C6H6N.3H2O.Sb/c7-6-4-2-1-3-5-6;;;;/h1-5,7H;3*1H2;/p-2. The third-order valence-electron chi connectivity index (χ3n) is 0.774. The zero-order valence-corrected chi connectivity index (χ0v) is 8.28. The van der Waals surface area contributed by atoms with Crippen molar-refractivity contribution in [3.8, 4) is 0 Å². The molecule has 4 radical (unpaired) electrons. The third kappa shape index (κ3) is 9.85. The quantitative estimate of drug-likeness (QED) is 0.610. The molecule has 5 N–H and O–H groups in total. The molecule has 0 saturated carbocycles. The van der Waals surface area contributed by atoms with E-state index in [4.69, 9.17) is 5.41 Å². The number of allylic oxidation sites excluding steroid dienone is 4. The van der Waals surface area contributed by atoms with Crippen molar-refractivity contribution in [2.45, 2.75) is 0 Å². The molecule has 1 aliphatic carbocycles. The summed E-state index contributed by atoms with van der Waals surface area (Å²) in [6.45, 7) is 0. The van der Waals surface area contributed by atoms with E-state index in [2.05, 4.69) is 0 Å². The van der Waals surface area contributed by atoms with Crippen LogP contribution in [0.2, 0.25) is 0 Å². The molecule has 0 spiro atoms. The van der Waals surface area contributed by atoms with Crippen molar-refractivity contribution in [3.63, 3.8) is 0 Å². The van der Waals surface area contributed by atoms with Gasteiger partial charge in [-0.3, -0.25) is 0 Å². The Bertz CT molecular complexity index is 145. The van der Waals surface area contributed by atoms with Crippen LogP contribution in [0.1, 0.15) is 0 Å². The Hall–Kier alpha value is -0.152. The van der Waals surface area contributed by atoms with Gasteiger partial charge >= 0.3 is 0 Å². The van der Waals surface area contributed by atoms with Gasteiger partial charge in [0.05, 0.1) is 0 Å². The fraction of sp³-hybridized carbons (Fsp3) is 0. The zero-order valence-electron chi connectivity index (χ0n) is 5.73. The molecule has 0 bridgehead atoms. The summed E-state index contributed by atoms with van der Waals surface area (Å²) in [6, 6.07) is 0. The fourth-order valence-electron chi connectivity index (χ4n) is 0.438. The molecule has 0 saturated heterocycles. The number of hydrogen-bond donors (Lipinski definition) is 1. The largest absolute Gasteiger partial charge is 0.870 e. The monoisotopic (exact) mass is 265 g/mol. The van der Waals surface area contributed by atoms with Crippen LogP contribution in [0.3, 0.4) is 0 Å². The Kier molecular flexibility index (Phi) is 25.5. The summed E-state index contributed by atoms with van der Waals surface area (Å²) in [5, 5.41) is 7.00. The molecule has 0 aliphatic heterocycles. The van der Waals surface area contributed by atoms with Crippen molar-refractivity contribution in [1.29, 1.82) is 5.41 Å². The van der Waals surface area contributed by atoms with Crippen LogP contribution in [0.4, 0.5) is 0 Å². The molecule has 0 atom stereocenters. The van der Waals surface area contributed by atoms with E-state index in [-0.39, 0.29) is 40.9 Å². The minimum absolute atomic E-state index is 0. The Labute approximate surface area is 82.9 Å². The van der Waals surface area contributed by atoms with Crippen LogP contribution in [0.15, 0.2) is 24.3 Å². The van der Waals surface area contributed by atoms with Crippen LogP contribution >= 0.6 is 0 Å². The first-order chi connectivity index (χ1) is 3.39. The molecule has 0 unspecified atom stereocenters. The maximum absolute atomic E-state index is 7.00. The summed E-state index contributed by atoms with van der Waals surface area (Å²) in [4.78, 5) is 0. The third-order valence-corrected chi connectivity index (χ3v) is 0.774. The minimum Gasteiger partial charge on any atom is -0.870 e. The van der Waals surface area contributed by atoms with Crippen LogP contribution in [0.5, 0.6) is 0 Å². The van der Waals surface area contributed by atoms with Crippen LogP contribution < -0.4 is 0 Å².